The maximum absolute atomic E-state index is 12.1. The zero-order valence-electron chi connectivity index (χ0n) is 9.83. The van der Waals surface area contributed by atoms with Crippen LogP contribution in [0.4, 0.5) is 5.69 Å². The van der Waals surface area contributed by atoms with E-state index in [0.717, 1.165) is 38.6 Å². The summed E-state index contributed by atoms with van der Waals surface area (Å²) in [5.41, 5.74) is 2.39. The molecular weight excluding hydrogens is 249 g/mol. The predicted octanol–water partition coefficient (Wildman–Crippen LogP) is 2.58. The van der Waals surface area contributed by atoms with Crippen LogP contribution >= 0.6 is 0 Å². The molecule has 3 heteroatoms. The van der Waals surface area contributed by atoms with Gasteiger partial charge >= 0.3 is 0 Å². The number of benzene rings is 1. The number of nitrogens with one attached hydrogen (secondary N) is 1. The number of Topliss-reactive ketones (excluding diaryl/α,β-unsaturated/α-hetero) is 1. The molecule has 2 nitrogen and oxygen atoms in total. The summed E-state index contributed by atoms with van der Waals surface area (Å²) in [7, 11) is 0. The Hall–Kier alpha value is -0.726. The van der Waals surface area contributed by atoms with Gasteiger partial charge in [-0.2, -0.15) is 18.2 Å². The van der Waals surface area contributed by atoms with Crippen molar-refractivity contribution >= 4 is 11.5 Å². The van der Waals surface area contributed by atoms with E-state index in [0.29, 0.717) is 5.78 Å². The molecule has 1 N–H and O–H groups in total. The van der Waals surface area contributed by atoms with Crippen molar-refractivity contribution in [2.24, 2.45) is 5.41 Å². The summed E-state index contributed by atoms with van der Waals surface area (Å²) in [4.78, 5) is 12.1. The molecule has 0 bridgehead atoms. The molecule has 1 aromatic rings. The van der Waals surface area contributed by atoms with Gasteiger partial charge in [-0.3, -0.25) is 4.79 Å². The van der Waals surface area contributed by atoms with Crippen LogP contribution in [0, 0.1) is 11.5 Å². The number of carbonyl (C=O) groups is 1. The van der Waals surface area contributed by atoms with Crippen molar-refractivity contribution in [2.75, 3.05) is 11.9 Å². The number of fused-ring (bicyclic) bond motifs is 1. The molecule has 1 aliphatic heterocycles. The molecule has 2 aliphatic rings. The molecule has 89 valence electrons. The molecule has 1 fully saturated rings. The van der Waals surface area contributed by atoms with Crippen LogP contribution in [-0.4, -0.2) is 12.3 Å². The van der Waals surface area contributed by atoms with Crippen molar-refractivity contribution in [1.29, 1.82) is 0 Å². The largest absolute Gasteiger partial charge is 0.406 e. The van der Waals surface area contributed by atoms with Crippen molar-refractivity contribution < 1.29 is 23.4 Å². The van der Waals surface area contributed by atoms with Gasteiger partial charge in [0.2, 0.25) is 0 Å². The third-order valence-corrected chi connectivity index (χ3v) is 4.05. The fraction of sp³-hybridized carbons (Fsp3) is 0.500. The summed E-state index contributed by atoms with van der Waals surface area (Å²) in [6, 6.07) is 9.14. The molecule has 0 amide bonds. The van der Waals surface area contributed by atoms with Crippen LogP contribution in [-0.2, 0) is 29.8 Å². The second-order valence-corrected chi connectivity index (χ2v) is 4.99. The molecule has 3 rings (SSSR count). The third kappa shape index (κ3) is 2.16. The van der Waals surface area contributed by atoms with Gasteiger partial charge in [0, 0.05) is 36.9 Å². The molecule has 1 heterocycles. The maximum atomic E-state index is 12.1. The third-order valence-electron chi connectivity index (χ3n) is 4.05. The zero-order valence-corrected chi connectivity index (χ0v) is 11.2. The van der Waals surface area contributed by atoms with Crippen LogP contribution in [0.15, 0.2) is 18.2 Å². The molecule has 0 saturated heterocycles. The minimum atomic E-state index is -0.0621. The molecule has 1 unspecified atom stereocenters. The van der Waals surface area contributed by atoms with E-state index < -0.39 is 0 Å². The summed E-state index contributed by atoms with van der Waals surface area (Å²) in [5, 5.41) is 3.42. The predicted molar refractivity (Wildman–Crippen MR) is 63.4 cm³/mol. The monoisotopic (exact) mass is 265 g/mol. The molecule has 1 aromatic carbocycles. The van der Waals surface area contributed by atoms with Crippen molar-refractivity contribution in [3.63, 3.8) is 0 Å². The van der Waals surface area contributed by atoms with E-state index in [4.69, 9.17) is 0 Å². The van der Waals surface area contributed by atoms with Gasteiger partial charge in [-0.1, -0.05) is 12.1 Å². The first-order valence-electron chi connectivity index (χ1n) is 6.06. The van der Waals surface area contributed by atoms with Crippen molar-refractivity contribution in [3.8, 4) is 0 Å². The smallest absolute Gasteiger partial charge is 0.138 e. The van der Waals surface area contributed by atoms with Gasteiger partial charge in [0.1, 0.15) is 5.78 Å². The Morgan fingerprint density at radius 3 is 3.00 bits per heavy atom. The molecule has 1 radical (unpaired) electrons. The summed E-state index contributed by atoms with van der Waals surface area (Å²) < 4.78 is 0. The Kier molecular flexibility index (Phi) is 3.65. The molecule has 1 atom stereocenters. The number of rotatable bonds is 0. The summed E-state index contributed by atoms with van der Waals surface area (Å²) in [6.45, 7) is 0.919. The van der Waals surface area contributed by atoms with Crippen LogP contribution in [0.25, 0.3) is 0 Å². The Bertz CT molecular complexity index is 432. The summed E-state index contributed by atoms with van der Waals surface area (Å²) in [5.74, 6) is 0.478. The minimum absolute atomic E-state index is 0. The maximum Gasteiger partial charge on any atom is 0.138 e. The summed E-state index contributed by atoms with van der Waals surface area (Å²) >= 11 is 0. The van der Waals surface area contributed by atoms with Crippen LogP contribution in [0.1, 0.15) is 31.2 Å². The van der Waals surface area contributed by atoms with E-state index in [9.17, 15) is 4.79 Å². The van der Waals surface area contributed by atoms with E-state index >= 15 is 0 Å². The molecule has 1 saturated carbocycles. The fourth-order valence-electron chi connectivity index (χ4n) is 3.12. The van der Waals surface area contributed by atoms with Crippen molar-refractivity contribution in [2.45, 2.75) is 32.1 Å². The van der Waals surface area contributed by atoms with Crippen molar-refractivity contribution in [3.05, 3.63) is 29.8 Å². The fourth-order valence-corrected chi connectivity index (χ4v) is 3.12. The number of anilines is 1. The van der Waals surface area contributed by atoms with Gasteiger partial charge in [-0.15, -0.1) is 11.6 Å². The number of hydrogen-bond donors (Lipinski definition) is 1. The summed E-state index contributed by atoms with van der Waals surface area (Å²) in [6.07, 6.45) is 4.82. The molecule has 1 aliphatic carbocycles. The topological polar surface area (TPSA) is 29.1 Å². The van der Waals surface area contributed by atoms with E-state index in [1.807, 2.05) is 12.1 Å². The Morgan fingerprint density at radius 1 is 1.35 bits per heavy atom. The van der Waals surface area contributed by atoms with Crippen LogP contribution < -0.4 is 5.32 Å². The molecule has 1 spiro atoms. The van der Waals surface area contributed by atoms with E-state index in [1.165, 1.54) is 11.3 Å². The Morgan fingerprint density at radius 2 is 2.24 bits per heavy atom. The van der Waals surface area contributed by atoms with Gasteiger partial charge in [0.15, 0.2) is 0 Å². The van der Waals surface area contributed by atoms with Gasteiger partial charge < -0.3 is 5.32 Å². The SMILES string of the molecule is O=C1CCCC12CCNc1cc[c-]cc1C2.[V]. The Balaban J connectivity index is 0.00000108. The Labute approximate surface area is 114 Å². The van der Waals surface area contributed by atoms with E-state index in [2.05, 4.69) is 17.4 Å². The standard InChI is InChI=1S/C14H16NO.V/c16-13-6-3-7-14(13)8-9-15-12-5-2-1-4-11(12)10-14;/h2,4-5,15H,3,6-10H2;/q-1;. The normalized spacial score (nSPS) is 26.9. The number of hydrogen-bond acceptors (Lipinski definition) is 2. The van der Waals surface area contributed by atoms with E-state index in [1.54, 1.807) is 0 Å². The number of carbonyl (C=O) groups excluding carboxylic acids is 1. The van der Waals surface area contributed by atoms with Crippen LogP contribution in [0.5, 0.6) is 0 Å². The van der Waals surface area contributed by atoms with Gasteiger partial charge in [0.25, 0.3) is 0 Å². The average molecular weight is 265 g/mol. The molecular formula is C14H16NOV-. The van der Waals surface area contributed by atoms with E-state index in [-0.39, 0.29) is 24.0 Å². The van der Waals surface area contributed by atoms with Crippen LogP contribution in [0.3, 0.4) is 0 Å². The minimum Gasteiger partial charge on any atom is -0.406 e. The van der Waals surface area contributed by atoms with Gasteiger partial charge in [0.05, 0.1) is 0 Å². The van der Waals surface area contributed by atoms with Gasteiger partial charge in [-0.05, 0) is 19.3 Å². The number of ketones is 1. The molecule has 17 heavy (non-hydrogen) atoms. The average Bonchev–Trinajstić information content (AvgIpc) is 2.54. The van der Waals surface area contributed by atoms with Crippen molar-refractivity contribution in [1.82, 2.24) is 0 Å². The first-order valence-corrected chi connectivity index (χ1v) is 6.06. The first kappa shape index (κ1) is 12.7. The molecule has 0 aromatic heterocycles. The van der Waals surface area contributed by atoms with Gasteiger partial charge in [-0.25, -0.2) is 0 Å². The first-order chi connectivity index (χ1) is 7.80. The van der Waals surface area contributed by atoms with Crippen LogP contribution in [0.2, 0.25) is 0 Å². The zero-order chi connectivity index (χ0) is 11.0. The second-order valence-electron chi connectivity index (χ2n) is 4.99. The quantitative estimate of drug-likeness (QED) is 0.730. The second kappa shape index (κ2) is 4.87.